The molecule has 3 nitrogen and oxygen atoms in total. The zero-order valence-corrected chi connectivity index (χ0v) is 11.4. The van der Waals surface area contributed by atoms with Crippen molar-refractivity contribution in [2.45, 2.75) is 71.6 Å². The standard InChI is InChI=1S/C14H27N3/c1-3-4-5-6-7-8-9-10-11-14-16-13(2)12-17(14)15/h12H,3-11,15H2,1-2H3. The largest absolute Gasteiger partial charge is 0.338 e. The number of imidazole rings is 1. The molecule has 98 valence electrons. The van der Waals surface area contributed by atoms with Crippen molar-refractivity contribution in [2.75, 3.05) is 5.84 Å². The SMILES string of the molecule is CCCCCCCCCCc1nc(C)cn1N. The molecule has 0 atom stereocenters. The van der Waals surface area contributed by atoms with Crippen LogP contribution in [0.4, 0.5) is 0 Å². The van der Waals surface area contributed by atoms with Crippen LogP contribution in [0.15, 0.2) is 6.20 Å². The van der Waals surface area contributed by atoms with Crippen molar-refractivity contribution in [3.63, 3.8) is 0 Å². The second-order valence-corrected chi connectivity index (χ2v) is 4.93. The van der Waals surface area contributed by atoms with Gasteiger partial charge < -0.3 is 5.84 Å². The lowest BCUT2D eigenvalue weighted by Crippen LogP contribution is -2.11. The van der Waals surface area contributed by atoms with Crippen LogP contribution in [0.5, 0.6) is 0 Å². The minimum Gasteiger partial charge on any atom is -0.338 e. The maximum absolute atomic E-state index is 5.79. The second kappa shape index (κ2) is 8.15. The summed E-state index contributed by atoms with van der Waals surface area (Å²) >= 11 is 0. The summed E-state index contributed by atoms with van der Waals surface area (Å²) in [6, 6.07) is 0. The first-order valence-corrected chi connectivity index (χ1v) is 7.04. The van der Waals surface area contributed by atoms with Gasteiger partial charge in [-0.05, 0) is 13.3 Å². The summed E-state index contributed by atoms with van der Waals surface area (Å²) in [6.45, 7) is 4.25. The molecular weight excluding hydrogens is 210 g/mol. The fourth-order valence-corrected chi connectivity index (χ4v) is 2.17. The number of hydrogen-bond acceptors (Lipinski definition) is 2. The predicted molar refractivity (Wildman–Crippen MR) is 73.4 cm³/mol. The van der Waals surface area contributed by atoms with Gasteiger partial charge in [-0.2, -0.15) is 0 Å². The maximum atomic E-state index is 5.79. The van der Waals surface area contributed by atoms with Crippen molar-refractivity contribution < 1.29 is 0 Å². The van der Waals surface area contributed by atoms with Crippen molar-refractivity contribution in [1.29, 1.82) is 0 Å². The molecule has 0 radical (unpaired) electrons. The molecular formula is C14H27N3. The number of nitrogens with zero attached hydrogens (tertiary/aromatic N) is 2. The summed E-state index contributed by atoms with van der Waals surface area (Å²) < 4.78 is 1.66. The number of aromatic nitrogens is 2. The van der Waals surface area contributed by atoms with E-state index in [0.29, 0.717) is 0 Å². The fraction of sp³-hybridized carbons (Fsp3) is 0.786. The molecule has 17 heavy (non-hydrogen) atoms. The maximum Gasteiger partial charge on any atom is 0.127 e. The molecule has 3 heteroatoms. The highest BCUT2D eigenvalue weighted by molar-refractivity contribution is 5.01. The van der Waals surface area contributed by atoms with Crippen LogP contribution in [-0.2, 0) is 6.42 Å². The Balaban J connectivity index is 1.99. The third-order valence-electron chi connectivity index (χ3n) is 3.18. The zero-order valence-electron chi connectivity index (χ0n) is 11.4. The summed E-state index contributed by atoms with van der Waals surface area (Å²) in [7, 11) is 0. The van der Waals surface area contributed by atoms with Gasteiger partial charge in [0.05, 0.1) is 5.69 Å². The van der Waals surface area contributed by atoms with E-state index in [1.165, 1.54) is 51.4 Å². The van der Waals surface area contributed by atoms with E-state index in [-0.39, 0.29) is 0 Å². The number of hydrogen-bond donors (Lipinski definition) is 1. The number of nitrogen functional groups attached to an aromatic ring is 1. The highest BCUT2D eigenvalue weighted by Crippen LogP contribution is 2.10. The summed E-state index contributed by atoms with van der Waals surface area (Å²) in [5.74, 6) is 6.81. The minimum atomic E-state index is 1.01. The quantitative estimate of drug-likeness (QED) is 0.527. The van der Waals surface area contributed by atoms with E-state index in [4.69, 9.17) is 5.84 Å². The van der Waals surface area contributed by atoms with Crippen LogP contribution in [0.2, 0.25) is 0 Å². The average molecular weight is 237 g/mol. The Labute approximate surface area is 105 Å². The Morgan fingerprint density at radius 3 is 2.18 bits per heavy atom. The highest BCUT2D eigenvalue weighted by atomic mass is 15.3. The van der Waals surface area contributed by atoms with Gasteiger partial charge in [-0.25, -0.2) is 4.98 Å². The van der Waals surface area contributed by atoms with Gasteiger partial charge >= 0.3 is 0 Å². The number of aryl methyl sites for hydroxylation is 2. The van der Waals surface area contributed by atoms with Gasteiger partial charge in [0.25, 0.3) is 0 Å². The molecule has 1 aromatic rings. The third-order valence-corrected chi connectivity index (χ3v) is 3.18. The van der Waals surface area contributed by atoms with Gasteiger partial charge in [0.1, 0.15) is 5.82 Å². The van der Waals surface area contributed by atoms with Crippen LogP contribution < -0.4 is 5.84 Å². The van der Waals surface area contributed by atoms with Gasteiger partial charge in [-0.3, -0.25) is 4.68 Å². The zero-order chi connectivity index (χ0) is 12.5. The van der Waals surface area contributed by atoms with Crippen LogP contribution in [0.25, 0.3) is 0 Å². The summed E-state index contributed by atoms with van der Waals surface area (Å²) in [4.78, 5) is 4.41. The molecule has 0 aliphatic heterocycles. The molecule has 0 saturated heterocycles. The first kappa shape index (κ1) is 14.1. The molecule has 0 spiro atoms. The topological polar surface area (TPSA) is 43.8 Å². The molecule has 0 fully saturated rings. The lowest BCUT2D eigenvalue weighted by Gasteiger charge is -2.02. The smallest absolute Gasteiger partial charge is 0.127 e. The Morgan fingerprint density at radius 2 is 1.65 bits per heavy atom. The third kappa shape index (κ3) is 5.76. The molecule has 0 bridgehead atoms. The average Bonchev–Trinajstić information content (AvgIpc) is 2.61. The van der Waals surface area contributed by atoms with Gasteiger partial charge in [0.2, 0.25) is 0 Å². The normalized spacial score (nSPS) is 10.9. The molecule has 1 aromatic heterocycles. The Kier molecular flexibility index (Phi) is 6.75. The number of rotatable bonds is 9. The van der Waals surface area contributed by atoms with Gasteiger partial charge in [0.15, 0.2) is 0 Å². The first-order valence-electron chi connectivity index (χ1n) is 7.04. The van der Waals surface area contributed by atoms with Gasteiger partial charge in [-0.15, -0.1) is 0 Å². The molecule has 0 saturated carbocycles. The van der Waals surface area contributed by atoms with E-state index in [1.54, 1.807) is 4.68 Å². The summed E-state index contributed by atoms with van der Waals surface area (Å²) in [6.07, 6.45) is 13.7. The van der Waals surface area contributed by atoms with Crippen molar-refractivity contribution in [1.82, 2.24) is 9.66 Å². The van der Waals surface area contributed by atoms with Crippen molar-refractivity contribution in [3.8, 4) is 0 Å². The van der Waals surface area contributed by atoms with Crippen LogP contribution in [0, 0.1) is 6.92 Å². The van der Waals surface area contributed by atoms with Crippen molar-refractivity contribution in [3.05, 3.63) is 17.7 Å². The predicted octanol–water partition coefficient (Wildman–Crippen LogP) is 3.59. The van der Waals surface area contributed by atoms with E-state index in [9.17, 15) is 0 Å². The molecule has 2 N–H and O–H groups in total. The lowest BCUT2D eigenvalue weighted by molar-refractivity contribution is 0.570. The second-order valence-electron chi connectivity index (χ2n) is 4.93. The Morgan fingerprint density at radius 1 is 1.06 bits per heavy atom. The van der Waals surface area contributed by atoms with E-state index in [2.05, 4.69) is 11.9 Å². The monoisotopic (exact) mass is 237 g/mol. The van der Waals surface area contributed by atoms with Crippen LogP contribution >= 0.6 is 0 Å². The van der Waals surface area contributed by atoms with Crippen molar-refractivity contribution in [2.24, 2.45) is 0 Å². The highest BCUT2D eigenvalue weighted by Gasteiger charge is 2.02. The molecule has 0 amide bonds. The molecule has 1 heterocycles. The van der Waals surface area contributed by atoms with Crippen molar-refractivity contribution >= 4 is 0 Å². The summed E-state index contributed by atoms with van der Waals surface area (Å²) in [5, 5.41) is 0. The minimum absolute atomic E-state index is 1.01. The van der Waals surface area contributed by atoms with E-state index in [1.807, 2.05) is 13.1 Å². The van der Waals surface area contributed by atoms with E-state index >= 15 is 0 Å². The molecule has 0 aromatic carbocycles. The first-order chi connectivity index (χ1) is 8.24. The van der Waals surface area contributed by atoms with Crippen LogP contribution in [0.3, 0.4) is 0 Å². The number of unbranched alkanes of at least 4 members (excludes halogenated alkanes) is 7. The summed E-state index contributed by atoms with van der Waals surface area (Å²) in [5.41, 5.74) is 1.02. The van der Waals surface area contributed by atoms with E-state index in [0.717, 1.165) is 17.9 Å². The lowest BCUT2D eigenvalue weighted by atomic mass is 10.1. The van der Waals surface area contributed by atoms with Crippen LogP contribution in [0.1, 0.15) is 69.8 Å². The molecule has 1 rings (SSSR count). The molecule has 0 aliphatic carbocycles. The fourth-order valence-electron chi connectivity index (χ4n) is 2.17. The Bertz CT molecular complexity index is 304. The van der Waals surface area contributed by atoms with Gasteiger partial charge in [-0.1, -0.05) is 51.9 Å². The van der Waals surface area contributed by atoms with Gasteiger partial charge in [0, 0.05) is 12.6 Å². The molecule has 0 unspecified atom stereocenters. The van der Waals surface area contributed by atoms with Crippen LogP contribution in [-0.4, -0.2) is 9.66 Å². The van der Waals surface area contributed by atoms with E-state index < -0.39 is 0 Å². The Hall–Kier alpha value is -0.990. The molecule has 0 aliphatic rings. The number of nitrogens with two attached hydrogens (primary N) is 1.